The summed E-state index contributed by atoms with van der Waals surface area (Å²) >= 11 is 0. The van der Waals surface area contributed by atoms with E-state index in [1.54, 1.807) is 27.9 Å². The van der Waals surface area contributed by atoms with Crippen molar-refractivity contribution < 1.29 is 0 Å². The first kappa shape index (κ1) is 16.4. The van der Waals surface area contributed by atoms with Gasteiger partial charge < -0.3 is 11.1 Å². The van der Waals surface area contributed by atoms with Gasteiger partial charge in [-0.15, -0.1) is 5.10 Å². The molecule has 25 heavy (non-hydrogen) atoms. The maximum Gasteiger partial charge on any atom is 0.159 e. The topological polar surface area (TPSA) is 112 Å². The molecular formula is C16H19N9. The number of nitrogens with one attached hydrogen (secondary N) is 1. The summed E-state index contributed by atoms with van der Waals surface area (Å²) in [5, 5.41) is 19.6. The predicted octanol–water partition coefficient (Wildman–Crippen LogP) is 0.891. The van der Waals surface area contributed by atoms with Crippen molar-refractivity contribution in [3.8, 4) is 0 Å². The van der Waals surface area contributed by atoms with Crippen molar-refractivity contribution in [1.29, 1.82) is 0 Å². The molecule has 3 rings (SSSR count). The van der Waals surface area contributed by atoms with E-state index in [2.05, 4.69) is 37.4 Å². The molecule has 0 fully saturated rings. The van der Waals surface area contributed by atoms with Gasteiger partial charge in [-0.3, -0.25) is 0 Å². The molecule has 3 N–H and O–H groups in total. The average Bonchev–Trinajstić information content (AvgIpc) is 3.23. The number of fused-ring (bicyclic) bond motifs is 1. The van der Waals surface area contributed by atoms with Gasteiger partial charge in [-0.2, -0.15) is 19.7 Å². The van der Waals surface area contributed by atoms with Crippen molar-refractivity contribution in [3.63, 3.8) is 0 Å². The number of benzene rings is 1. The van der Waals surface area contributed by atoms with Gasteiger partial charge in [0.25, 0.3) is 0 Å². The molecule has 0 amide bonds. The van der Waals surface area contributed by atoms with Crippen molar-refractivity contribution in [2.75, 3.05) is 0 Å². The Hall–Kier alpha value is -3.49. The first-order valence-electron chi connectivity index (χ1n) is 7.74. The number of nitrogens with two attached hydrogens (primary N) is 1. The van der Waals surface area contributed by atoms with E-state index in [9.17, 15) is 0 Å². The van der Waals surface area contributed by atoms with Gasteiger partial charge in [-0.05, 0) is 31.3 Å². The number of nitrogens with zero attached hydrogens (tertiary/aromatic N) is 7. The van der Waals surface area contributed by atoms with E-state index < -0.39 is 0 Å². The van der Waals surface area contributed by atoms with Crippen molar-refractivity contribution in [3.05, 3.63) is 61.3 Å². The fourth-order valence-corrected chi connectivity index (χ4v) is 2.36. The minimum Gasteiger partial charge on any atom is -0.404 e. The van der Waals surface area contributed by atoms with E-state index in [0.29, 0.717) is 18.2 Å². The van der Waals surface area contributed by atoms with Crippen LogP contribution in [-0.4, -0.2) is 41.9 Å². The number of aliphatic imine (C=N–C) groups is 1. The van der Waals surface area contributed by atoms with Crippen molar-refractivity contribution in [2.45, 2.75) is 19.5 Å². The van der Waals surface area contributed by atoms with Crippen LogP contribution in [0.25, 0.3) is 11.0 Å². The lowest BCUT2D eigenvalue weighted by Crippen LogP contribution is -2.30. The summed E-state index contributed by atoms with van der Waals surface area (Å²) in [5.74, 6) is 0.991. The standard InChI is InChI=1S/C16H19N9/c1-12(11-24-18-9-10-19-24)20-13(2)21-16(7-8-17)25-15-6-4-3-5-14(15)22-23-25/h3-10,12,20H,2,11,17H2,1H3/b8-7-,21-16+/t12-/m1/s1. The van der Waals surface area contributed by atoms with Gasteiger partial charge in [0, 0.05) is 6.04 Å². The Morgan fingerprint density at radius 1 is 1.36 bits per heavy atom. The maximum absolute atomic E-state index is 5.55. The van der Waals surface area contributed by atoms with E-state index in [1.807, 2.05) is 31.2 Å². The molecule has 0 bridgehead atoms. The van der Waals surface area contributed by atoms with Crippen molar-refractivity contribution >= 4 is 16.9 Å². The molecule has 9 nitrogen and oxygen atoms in total. The van der Waals surface area contributed by atoms with Crippen molar-refractivity contribution in [1.82, 2.24) is 35.3 Å². The average molecular weight is 337 g/mol. The quantitative estimate of drug-likeness (QED) is 0.510. The zero-order valence-electron chi connectivity index (χ0n) is 13.8. The fourth-order valence-electron chi connectivity index (χ4n) is 2.36. The van der Waals surface area contributed by atoms with Gasteiger partial charge in [0.2, 0.25) is 0 Å². The molecule has 0 radical (unpaired) electrons. The Bertz CT molecular complexity index is 905. The molecular weight excluding hydrogens is 318 g/mol. The third-order valence-corrected chi connectivity index (χ3v) is 3.38. The highest BCUT2D eigenvalue weighted by atomic mass is 15.5. The monoisotopic (exact) mass is 337 g/mol. The third kappa shape index (κ3) is 3.89. The number of aromatic nitrogens is 6. The van der Waals surface area contributed by atoms with E-state index in [0.717, 1.165) is 11.0 Å². The molecule has 3 aromatic rings. The molecule has 0 saturated heterocycles. The van der Waals surface area contributed by atoms with E-state index in [-0.39, 0.29) is 6.04 Å². The van der Waals surface area contributed by atoms with Crippen LogP contribution < -0.4 is 11.1 Å². The summed E-state index contributed by atoms with van der Waals surface area (Å²) in [6.07, 6.45) is 6.33. The SMILES string of the molecule is C=C(/N=C(\C=C/N)n1nnc2ccccc21)N[C@H](C)Cn1nccn1. The first-order chi connectivity index (χ1) is 12.2. The molecule has 1 atom stereocenters. The largest absolute Gasteiger partial charge is 0.404 e. The number of allylic oxidation sites excluding steroid dienone is 1. The van der Waals surface area contributed by atoms with Gasteiger partial charge in [0.15, 0.2) is 5.84 Å². The van der Waals surface area contributed by atoms with Crippen LogP contribution in [0.4, 0.5) is 0 Å². The Labute approximate surface area is 144 Å². The Balaban J connectivity index is 1.78. The molecule has 0 aliphatic heterocycles. The summed E-state index contributed by atoms with van der Waals surface area (Å²) < 4.78 is 1.62. The lowest BCUT2D eigenvalue weighted by Gasteiger charge is -2.14. The second-order valence-corrected chi connectivity index (χ2v) is 5.40. The Morgan fingerprint density at radius 2 is 2.12 bits per heavy atom. The molecule has 0 saturated carbocycles. The third-order valence-electron chi connectivity index (χ3n) is 3.38. The lowest BCUT2D eigenvalue weighted by atomic mass is 10.3. The van der Waals surface area contributed by atoms with E-state index >= 15 is 0 Å². The van der Waals surface area contributed by atoms with Crippen LogP contribution in [0.1, 0.15) is 6.92 Å². The highest BCUT2D eigenvalue weighted by Crippen LogP contribution is 2.10. The van der Waals surface area contributed by atoms with Gasteiger partial charge in [-0.1, -0.05) is 23.9 Å². The minimum absolute atomic E-state index is 0.0410. The molecule has 9 heteroatoms. The molecule has 0 unspecified atom stereocenters. The molecule has 2 aromatic heterocycles. The summed E-state index contributed by atoms with van der Waals surface area (Å²) in [7, 11) is 0. The summed E-state index contributed by atoms with van der Waals surface area (Å²) in [6.45, 7) is 6.54. The maximum atomic E-state index is 5.55. The highest BCUT2D eigenvalue weighted by Gasteiger charge is 2.09. The molecule has 0 aliphatic carbocycles. The number of hydrogen-bond donors (Lipinski definition) is 2. The van der Waals surface area contributed by atoms with Gasteiger partial charge in [0.05, 0.1) is 24.5 Å². The van der Waals surface area contributed by atoms with Crippen LogP contribution in [0, 0.1) is 0 Å². The summed E-state index contributed by atoms with van der Waals surface area (Å²) in [5.41, 5.74) is 7.16. The smallest absolute Gasteiger partial charge is 0.159 e. The molecule has 128 valence electrons. The number of rotatable bonds is 6. The van der Waals surface area contributed by atoms with Crippen LogP contribution in [0.15, 0.2) is 66.3 Å². The zero-order valence-corrected chi connectivity index (χ0v) is 13.8. The van der Waals surface area contributed by atoms with Gasteiger partial charge in [0.1, 0.15) is 11.3 Å². The number of para-hydroxylation sites is 1. The van der Waals surface area contributed by atoms with E-state index in [4.69, 9.17) is 5.73 Å². The fraction of sp³-hybridized carbons (Fsp3) is 0.188. The minimum atomic E-state index is 0.0410. The Kier molecular flexibility index (Phi) is 4.84. The second kappa shape index (κ2) is 7.39. The molecule has 0 spiro atoms. The predicted molar refractivity (Wildman–Crippen MR) is 95.4 cm³/mol. The second-order valence-electron chi connectivity index (χ2n) is 5.40. The van der Waals surface area contributed by atoms with Crippen LogP contribution in [-0.2, 0) is 6.54 Å². The molecule has 0 aliphatic rings. The lowest BCUT2D eigenvalue weighted by molar-refractivity contribution is 0.442. The normalized spacial score (nSPS) is 13.4. The first-order valence-corrected chi connectivity index (χ1v) is 7.74. The summed E-state index contributed by atoms with van der Waals surface area (Å²) in [4.78, 5) is 6.08. The van der Waals surface area contributed by atoms with Gasteiger partial charge in [-0.25, -0.2) is 4.99 Å². The summed E-state index contributed by atoms with van der Waals surface area (Å²) in [6, 6.07) is 7.66. The van der Waals surface area contributed by atoms with Crippen LogP contribution in [0.2, 0.25) is 0 Å². The van der Waals surface area contributed by atoms with Crippen LogP contribution in [0.5, 0.6) is 0 Å². The highest BCUT2D eigenvalue weighted by molar-refractivity contribution is 5.99. The number of hydrogen-bond acceptors (Lipinski definition) is 7. The van der Waals surface area contributed by atoms with Gasteiger partial charge >= 0.3 is 0 Å². The van der Waals surface area contributed by atoms with Crippen LogP contribution >= 0.6 is 0 Å². The molecule has 1 aromatic carbocycles. The van der Waals surface area contributed by atoms with Crippen molar-refractivity contribution in [2.24, 2.45) is 10.7 Å². The zero-order chi connectivity index (χ0) is 17.6. The Morgan fingerprint density at radius 3 is 2.88 bits per heavy atom. The van der Waals surface area contributed by atoms with E-state index in [1.165, 1.54) is 6.20 Å². The molecule has 2 heterocycles. The van der Waals surface area contributed by atoms with Crippen LogP contribution in [0.3, 0.4) is 0 Å².